The van der Waals surface area contributed by atoms with Crippen molar-refractivity contribution >= 4 is 5.91 Å². The van der Waals surface area contributed by atoms with Crippen LogP contribution in [-0.4, -0.2) is 40.8 Å². The molecular formula is C16H17N7O2. The van der Waals surface area contributed by atoms with Crippen molar-refractivity contribution in [1.29, 1.82) is 0 Å². The number of phenolic OH excluding ortho intramolecular Hbond substituents is 1. The van der Waals surface area contributed by atoms with Crippen molar-refractivity contribution in [3.8, 4) is 11.4 Å². The Balaban J connectivity index is 1.62. The molecule has 1 atom stereocenters. The second kappa shape index (κ2) is 6.00. The first-order valence-electron chi connectivity index (χ1n) is 7.98. The van der Waals surface area contributed by atoms with Gasteiger partial charge in [0.05, 0.1) is 17.3 Å². The maximum absolute atomic E-state index is 12.8. The zero-order chi connectivity index (χ0) is 17.4. The lowest BCUT2D eigenvalue weighted by Crippen LogP contribution is -2.31. The first-order valence-corrected chi connectivity index (χ1v) is 7.98. The van der Waals surface area contributed by atoms with E-state index in [0.717, 1.165) is 18.7 Å². The number of carbonyl (C=O) groups is 1. The first kappa shape index (κ1) is 15.3. The predicted octanol–water partition coefficient (Wildman–Crippen LogP) is 0.982. The Labute approximate surface area is 143 Å². The fourth-order valence-corrected chi connectivity index (χ4v) is 2.85. The summed E-state index contributed by atoms with van der Waals surface area (Å²) in [6, 6.07) is 4.48. The molecule has 0 spiro atoms. The number of aromatic hydroxyl groups is 1. The van der Waals surface area contributed by atoms with Crippen molar-refractivity contribution in [3.05, 3.63) is 48.3 Å². The largest absolute Gasteiger partial charge is 0.507 e. The van der Waals surface area contributed by atoms with E-state index in [1.54, 1.807) is 18.3 Å². The lowest BCUT2D eigenvalue weighted by Gasteiger charge is -2.18. The Morgan fingerprint density at radius 2 is 2.24 bits per heavy atom. The van der Waals surface area contributed by atoms with Crippen LogP contribution in [0.15, 0.2) is 36.9 Å². The van der Waals surface area contributed by atoms with Gasteiger partial charge in [0.15, 0.2) is 0 Å². The number of nitrogens with zero attached hydrogens (tertiary/aromatic N) is 6. The zero-order valence-corrected chi connectivity index (χ0v) is 13.6. The fraction of sp³-hybridized carbons (Fsp3) is 0.312. The van der Waals surface area contributed by atoms with Crippen LogP contribution < -0.4 is 5.32 Å². The van der Waals surface area contributed by atoms with E-state index < -0.39 is 0 Å². The quantitative estimate of drug-likeness (QED) is 0.717. The van der Waals surface area contributed by atoms with Gasteiger partial charge in [-0.3, -0.25) is 4.79 Å². The molecule has 1 aliphatic rings. The van der Waals surface area contributed by atoms with Gasteiger partial charge < -0.3 is 15.0 Å². The second-order valence-electron chi connectivity index (χ2n) is 6.14. The zero-order valence-electron chi connectivity index (χ0n) is 13.6. The Hall–Kier alpha value is -3.23. The van der Waals surface area contributed by atoms with Crippen LogP contribution in [0.3, 0.4) is 0 Å². The number of imidazole rings is 1. The lowest BCUT2D eigenvalue weighted by molar-refractivity contribution is 0.0926. The van der Waals surface area contributed by atoms with Gasteiger partial charge in [0.2, 0.25) is 0 Å². The molecule has 2 N–H and O–H groups in total. The van der Waals surface area contributed by atoms with Crippen LogP contribution in [0.25, 0.3) is 5.69 Å². The fourth-order valence-electron chi connectivity index (χ4n) is 2.85. The molecule has 3 aromatic rings. The number of rotatable bonds is 5. The smallest absolute Gasteiger partial charge is 0.255 e. The summed E-state index contributed by atoms with van der Waals surface area (Å²) in [6.07, 6.45) is 7.09. The summed E-state index contributed by atoms with van der Waals surface area (Å²) in [6.45, 7) is 0. The number of tetrazole rings is 1. The number of amides is 1. The van der Waals surface area contributed by atoms with E-state index in [-0.39, 0.29) is 23.3 Å². The van der Waals surface area contributed by atoms with E-state index in [4.69, 9.17) is 0 Å². The number of benzene rings is 1. The number of aromatic nitrogens is 6. The molecule has 2 aromatic heterocycles. The predicted molar refractivity (Wildman–Crippen MR) is 87.0 cm³/mol. The first-order chi connectivity index (χ1) is 12.1. The molecule has 0 unspecified atom stereocenters. The van der Waals surface area contributed by atoms with Crippen molar-refractivity contribution in [3.63, 3.8) is 0 Å². The molecule has 9 nitrogen and oxygen atoms in total. The van der Waals surface area contributed by atoms with Gasteiger partial charge in [-0.05, 0) is 47.4 Å². The number of carbonyl (C=O) groups excluding carboxylic acids is 1. The molecule has 25 heavy (non-hydrogen) atoms. The molecule has 9 heteroatoms. The standard InChI is InChI=1S/C16H17N7O2/c1-22-7-6-17-15(22)14(10-2-3-10)19-16(25)12-8-11(4-5-13(12)24)23-9-18-20-21-23/h4-10,14,24H,2-3H2,1H3,(H,19,25)/t14-/m0/s1. The van der Waals surface area contributed by atoms with Gasteiger partial charge in [0.25, 0.3) is 5.91 Å². The number of phenols is 1. The third-order valence-electron chi connectivity index (χ3n) is 4.35. The van der Waals surface area contributed by atoms with Gasteiger partial charge in [-0.25, -0.2) is 9.67 Å². The van der Waals surface area contributed by atoms with Gasteiger partial charge in [-0.15, -0.1) is 5.10 Å². The topological polar surface area (TPSA) is 111 Å². The minimum Gasteiger partial charge on any atom is -0.507 e. The van der Waals surface area contributed by atoms with Crippen molar-refractivity contribution in [1.82, 2.24) is 35.1 Å². The summed E-state index contributed by atoms with van der Waals surface area (Å²) in [5.41, 5.74) is 0.765. The third-order valence-corrected chi connectivity index (χ3v) is 4.35. The Morgan fingerprint density at radius 3 is 2.88 bits per heavy atom. The monoisotopic (exact) mass is 339 g/mol. The van der Waals surface area contributed by atoms with Gasteiger partial charge in [-0.1, -0.05) is 0 Å². The van der Waals surface area contributed by atoms with Crippen LogP contribution in [0.4, 0.5) is 0 Å². The molecular weight excluding hydrogens is 322 g/mol. The van der Waals surface area contributed by atoms with Gasteiger partial charge in [0, 0.05) is 19.4 Å². The van der Waals surface area contributed by atoms with Crippen molar-refractivity contribution in [2.75, 3.05) is 0 Å². The highest BCUT2D eigenvalue weighted by Gasteiger charge is 2.36. The Kier molecular flexibility index (Phi) is 3.68. The van der Waals surface area contributed by atoms with Crippen LogP contribution >= 0.6 is 0 Å². The third kappa shape index (κ3) is 2.95. The van der Waals surface area contributed by atoms with Crippen LogP contribution in [0, 0.1) is 5.92 Å². The van der Waals surface area contributed by atoms with Gasteiger partial charge >= 0.3 is 0 Å². The minimum atomic E-state index is -0.354. The van der Waals surface area contributed by atoms with Crippen LogP contribution in [-0.2, 0) is 7.05 Å². The summed E-state index contributed by atoms with van der Waals surface area (Å²) in [7, 11) is 1.90. The molecule has 0 aliphatic heterocycles. The minimum absolute atomic E-state index is 0.0938. The SMILES string of the molecule is Cn1ccnc1[C@@H](NC(=O)c1cc(-n2cnnn2)ccc1O)C1CC1. The lowest BCUT2D eigenvalue weighted by atomic mass is 10.1. The van der Waals surface area contributed by atoms with E-state index >= 15 is 0 Å². The normalized spacial score (nSPS) is 15.1. The molecule has 2 heterocycles. The highest BCUT2D eigenvalue weighted by molar-refractivity contribution is 5.97. The molecule has 1 saturated carbocycles. The van der Waals surface area contributed by atoms with E-state index in [2.05, 4.69) is 25.8 Å². The van der Waals surface area contributed by atoms with Crippen LogP contribution in [0.5, 0.6) is 5.75 Å². The average molecular weight is 339 g/mol. The number of hydrogen-bond donors (Lipinski definition) is 2. The Morgan fingerprint density at radius 1 is 1.40 bits per heavy atom. The molecule has 0 saturated heterocycles. The van der Waals surface area contributed by atoms with Gasteiger partial charge in [-0.2, -0.15) is 0 Å². The summed E-state index contributed by atoms with van der Waals surface area (Å²) in [5, 5.41) is 24.1. The van der Waals surface area contributed by atoms with E-state index in [0.29, 0.717) is 11.6 Å². The molecule has 0 bridgehead atoms. The summed E-state index contributed by atoms with van der Waals surface area (Å²) >= 11 is 0. The number of hydrogen-bond acceptors (Lipinski definition) is 6. The van der Waals surface area contributed by atoms with Gasteiger partial charge in [0.1, 0.15) is 17.9 Å². The van der Waals surface area contributed by atoms with E-state index in [1.165, 1.54) is 17.1 Å². The molecule has 1 amide bonds. The van der Waals surface area contributed by atoms with E-state index in [9.17, 15) is 9.90 Å². The number of aryl methyl sites for hydroxylation is 1. The highest BCUT2D eigenvalue weighted by Crippen LogP contribution is 2.40. The molecule has 4 rings (SSSR count). The van der Waals surface area contributed by atoms with Crippen molar-refractivity contribution < 1.29 is 9.90 Å². The average Bonchev–Trinajstić information content (AvgIpc) is 3.12. The maximum atomic E-state index is 12.8. The number of nitrogens with one attached hydrogen (secondary N) is 1. The summed E-state index contributed by atoms with van der Waals surface area (Å²) in [5.74, 6) is 0.734. The van der Waals surface area contributed by atoms with Crippen molar-refractivity contribution in [2.45, 2.75) is 18.9 Å². The van der Waals surface area contributed by atoms with Crippen molar-refractivity contribution in [2.24, 2.45) is 13.0 Å². The molecule has 1 fully saturated rings. The summed E-state index contributed by atoms with van der Waals surface area (Å²) < 4.78 is 3.33. The second-order valence-corrected chi connectivity index (χ2v) is 6.14. The molecule has 1 aliphatic carbocycles. The van der Waals surface area contributed by atoms with Crippen LogP contribution in [0.2, 0.25) is 0 Å². The highest BCUT2D eigenvalue weighted by atomic mass is 16.3. The molecule has 0 radical (unpaired) electrons. The van der Waals surface area contributed by atoms with E-state index in [1.807, 2.05) is 17.8 Å². The Bertz CT molecular complexity index is 899. The summed E-state index contributed by atoms with van der Waals surface area (Å²) in [4.78, 5) is 17.1. The molecule has 1 aromatic carbocycles. The maximum Gasteiger partial charge on any atom is 0.255 e. The molecule has 128 valence electrons. The van der Waals surface area contributed by atoms with Crippen LogP contribution in [0.1, 0.15) is 35.1 Å².